The summed E-state index contributed by atoms with van der Waals surface area (Å²) in [7, 11) is 0. The first kappa shape index (κ1) is 12.7. The molecule has 0 fully saturated rings. The van der Waals surface area contributed by atoms with Gasteiger partial charge in [0, 0.05) is 25.0 Å². The molecule has 3 rings (SSSR count). The van der Waals surface area contributed by atoms with Crippen LogP contribution in [-0.2, 0) is 13.2 Å². The first-order valence-corrected chi connectivity index (χ1v) is 6.58. The molecule has 1 amide bonds. The van der Waals surface area contributed by atoms with E-state index in [1.807, 2.05) is 4.57 Å². The number of carbonyl (C=O) groups is 1. The van der Waals surface area contributed by atoms with Crippen molar-refractivity contribution in [3.63, 3.8) is 0 Å². The molecule has 6 heteroatoms. The molecule has 20 heavy (non-hydrogen) atoms. The highest BCUT2D eigenvalue weighted by Gasteiger charge is 2.16. The normalized spacial score (nSPS) is 13.4. The Hall–Kier alpha value is -2.34. The molecule has 0 radical (unpaired) electrons. The molecule has 1 aliphatic rings. The second-order valence-corrected chi connectivity index (χ2v) is 4.73. The zero-order valence-corrected chi connectivity index (χ0v) is 11.0. The molecule has 0 saturated carbocycles. The number of benzene rings is 1. The summed E-state index contributed by atoms with van der Waals surface area (Å²) in [4.78, 5) is 16.4. The predicted molar refractivity (Wildman–Crippen MR) is 75.7 cm³/mol. The third-order valence-corrected chi connectivity index (χ3v) is 3.26. The molecular formula is C14H16N4O2. The molecule has 0 unspecified atom stereocenters. The van der Waals surface area contributed by atoms with Crippen molar-refractivity contribution in [1.29, 1.82) is 0 Å². The van der Waals surface area contributed by atoms with Crippen molar-refractivity contribution >= 4 is 17.5 Å². The second kappa shape index (κ2) is 5.34. The molecule has 104 valence electrons. The van der Waals surface area contributed by atoms with E-state index in [1.54, 1.807) is 30.5 Å². The molecule has 0 atom stereocenters. The van der Waals surface area contributed by atoms with E-state index in [0.29, 0.717) is 11.4 Å². The van der Waals surface area contributed by atoms with Crippen molar-refractivity contribution < 1.29 is 9.90 Å². The number of nitrogens with one attached hydrogen (secondary N) is 2. The number of carbonyl (C=O) groups excluding carboxylic acids is 1. The Bertz CT molecular complexity index is 595. The predicted octanol–water partition coefficient (Wildman–Crippen LogP) is 1.44. The number of anilines is 2. The zero-order valence-electron chi connectivity index (χ0n) is 11.0. The van der Waals surface area contributed by atoms with Crippen LogP contribution in [0.25, 0.3) is 0 Å². The molecule has 2 heterocycles. The number of aliphatic hydroxyl groups is 1. The smallest absolute Gasteiger partial charge is 0.275 e. The largest absolute Gasteiger partial charge is 0.392 e. The Balaban J connectivity index is 1.73. The summed E-state index contributed by atoms with van der Waals surface area (Å²) >= 11 is 0. The average Bonchev–Trinajstić information content (AvgIpc) is 2.92. The van der Waals surface area contributed by atoms with Gasteiger partial charge in [-0.25, -0.2) is 4.98 Å². The van der Waals surface area contributed by atoms with Crippen LogP contribution in [-0.4, -0.2) is 27.1 Å². The number of imidazole rings is 1. The molecule has 0 spiro atoms. The van der Waals surface area contributed by atoms with Crippen molar-refractivity contribution in [2.24, 2.45) is 0 Å². The highest BCUT2D eigenvalue weighted by molar-refractivity contribution is 6.03. The fourth-order valence-corrected chi connectivity index (χ4v) is 2.18. The first-order valence-electron chi connectivity index (χ1n) is 6.58. The van der Waals surface area contributed by atoms with Crippen molar-refractivity contribution in [3.8, 4) is 0 Å². The van der Waals surface area contributed by atoms with Crippen LogP contribution >= 0.6 is 0 Å². The van der Waals surface area contributed by atoms with E-state index in [9.17, 15) is 4.79 Å². The zero-order chi connectivity index (χ0) is 13.9. The van der Waals surface area contributed by atoms with Gasteiger partial charge in [0.15, 0.2) is 0 Å². The molecule has 0 saturated heterocycles. The van der Waals surface area contributed by atoms with E-state index in [1.165, 1.54) is 0 Å². The van der Waals surface area contributed by atoms with Crippen LogP contribution in [0, 0.1) is 0 Å². The van der Waals surface area contributed by atoms with Gasteiger partial charge in [0.2, 0.25) is 5.95 Å². The highest BCUT2D eigenvalue weighted by Crippen LogP contribution is 2.16. The summed E-state index contributed by atoms with van der Waals surface area (Å²) in [6.45, 7) is 1.77. The van der Waals surface area contributed by atoms with E-state index in [4.69, 9.17) is 5.11 Å². The molecule has 3 N–H and O–H groups in total. The fraction of sp³-hybridized carbons (Fsp3) is 0.286. The van der Waals surface area contributed by atoms with Crippen LogP contribution in [0.4, 0.5) is 11.6 Å². The molecule has 1 aromatic heterocycles. The summed E-state index contributed by atoms with van der Waals surface area (Å²) in [5.74, 6) is 0.516. The van der Waals surface area contributed by atoms with Crippen LogP contribution in [0.5, 0.6) is 0 Å². The van der Waals surface area contributed by atoms with Crippen LogP contribution < -0.4 is 10.6 Å². The molecule has 6 nitrogen and oxygen atoms in total. The van der Waals surface area contributed by atoms with E-state index in [-0.39, 0.29) is 12.5 Å². The number of hydrogen-bond donors (Lipinski definition) is 3. The summed E-state index contributed by atoms with van der Waals surface area (Å²) in [6, 6.07) is 7.07. The lowest BCUT2D eigenvalue weighted by Gasteiger charge is -2.14. The second-order valence-electron chi connectivity index (χ2n) is 4.73. The Morgan fingerprint density at radius 1 is 1.40 bits per heavy atom. The molecular weight excluding hydrogens is 256 g/mol. The number of aryl methyl sites for hydroxylation is 1. The number of aliphatic hydroxyl groups excluding tert-OH is 1. The number of aromatic nitrogens is 2. The highest BCUT2D eigenvalue weighted by atomic mass is 16.3. The van der Waals surface area contributed by atoms with Crippen molar-refractivity contribution in [2.45, 2.75) is 19.6 Å². The monoisotopic (exact) mass is 272 g/mol. The van der Waals surface area contributed by atoms with Crippen molar-refractivity contribution in [2.75, 3.05) is 17.2 Å². The maximum atomic E-state index is 12.1. The summed E-state index contributed by atoms with van der Waals surface area (Å²) in [5.41, 5.74) is 1.90. The minimum Gasteiger partial charge on any atom is -0.392 e. The standard InChI is InChI=1S/C14H16N4O2/c19-9-10-2-4-11(5-3-10)16-13(20)12-8-18-7-1-6-15-14(18)17-12/h2-5,8,19H,1,6-7,9H2,(H,15,17)(H,16,20). The van der Waals surface area contributed by atoms with E-state index in [0.717, 1.165) is 31.0 Å². The van der Waals surface area contributed by atoms with Gasteiger partial charge < -0.3 is 20.3 Å². The van der Waals surface area contributed by atoms with Crippen LogP contribution in [0.2, 0.25) is 0 Å². The quantitative estimate of drug-likeness (QED) is 0.790. The van der Waals surface area contributed by atoms with Crippen LogP contribution in [0.3, 0.4) is 0 Å². The topological polar surface area (TPSA) is 79.2 Å². The minimum absolute atomic E-state index is 0.00629. The lowest BCUT2D eigenvalue weighted by molar-refractivity contribution is 0.102. The molecule has 1 aliphatic heterocycles. The van der Waals surface area contributed by atoms with E-state index < -0.39 is 0 Å². The Morgan fingerprint density at radius 3 is 2.90 bits per heavy atom. The Labute approximate surface area is 116 Å². The molecule has 0 bridgehead atoms. The Morgan fingerprint density at radius 2 is 2.20 bits per heavy atom. The number of nitrogens with zero attached hydrogens (tertiary/aromatic N) is 2. The molecule has 1 aromatic carbocycles. The van der Waals surface area contributed by atoms with Crippen molar-refractivity contribution in [1.82, 2.24) is 9.55 Å². The van der Waals surface area contributed by atoms with Crippen LogP contribution in [0.15, 0.2) is 30.5 Å². The van der Waals surface area contributed by atoms with Gasteiger partial charge in [0.25, 0.3) is 5.91 Å². The first-order chi connectivity index (χ1) is 9.76. The molecule has 2 aromatic rings. The summed E-state index contributed by atoms with van der Waals surface area (Å²) < 4.78 is 1.95. The third-order valence-electron chi connectivity index (χ3n) is 3.26. The lowest BCUT2D eigenvalue weighted by atomic mass is 10.2. The number of hydrogen-bond acceptors (Lipinski definition) is 4. The average molecular weight is 272 g/mol. The van der Waals surface area contributed by atoms with Gasteiger partial charge in [-0.05, 0) is 24.1 Å². The number of rotatable bonds is 3. The lowest BCUT2D eigenvalue weighted by Crippen LogP contribution is -2.16. The minimum atomic E-state index is -0.231. The maximum absolute atomic E-state index is 12.1. The number of fused-ring (bicyclic) bond motifs is 1. The maximum Gasteiger partial charge on any atom is 0.275 e. The molecule has 0 aliphatic carbocycles. The van der Waals surface area contributed by atoms with Crippen LogP contribution in [0.1, 0.15) is 22.5 Å². The van der Waals surface area contributed by atoms with Gasteiger partial charge >= 0.3 is 0 Å². The van der Waals surface area contributed by atoms with Gasteiger partial charge in [-0.3, -0.25) is 4.79 Å². The summed E-state index contributed by atoms with van der Waals surface area (Å²) in [6.07, 6.45) is 2.80. The van der Waals surface area contributed by atoms with E-state index >= 15 is 0 Å². The number of amides is 1. The van der Waals surface area contributed by atoms with Gasteiger partial charge in [-0.2, -0.15) is 0 Å². The SMILES string of the molecule is O=C(Nc1ccc(CO)cc1)c1cn2c(n1)NCCC2. The van der Waals surface area contributed by atoms with Gasteiger partial charge in [0.05, 0.1) is 6.61 Å². The van der Waals surface area contributed by atoms with Gasteiger partial charge in [0.1, 0.15) is 5.69 Å². The third kappa shape index (κ3) is 2.50. The summed E-state index contributed by atoms with van der Waals surface area (Å²) in [5, 5.41) is 14.9. The van der Waals surface area contributed by atoms with Crippen molar-refractivity contribution in [3.05, 3.63) is 41.7 Å². The fourth-order valence-electron chi connectivity index (χ4n) is 2.18. The van der Waals surface area contributed by atoms with E-state index in [2.05, 4.69) is 15.6 Å². The van der Waals surface area contributed by atoms with Gasteiger partial charge in [-0.15, -0.1) is 0 Å². The Kier molecular flexibility index (Phi) is 3.39. The van der Waals surface area contributed by atoms with Gasteiger partial charge in [-0.1, -0.05) is 12.1 Å².